The Labute approximate surface area is 99.0 Å². The summed E-state index contributed by atoms with van der Waals surface area (Å²) in [4.78, 5) is 2.67. The molecule has 2 saturated carbocycles. The maximum Gasteiger partial charge on any atom is 0.0695 e. The van der Waals surface area contributed by atoms with Crippen molar-refractivity contribution in [2.45, 2.75) is 70.1 Å². The third kappa shape index (κ3) is 1.80. The first-order valence-electron chi connectivity index (χ1n) is 7.21. The van der Waals surface area contributed by atoms with Gasteiger partial charge in [0.15, 0.2) is 0 Å². The van der Waals surface area contributed by atoms with Crippen molar-refractivity contribution in [2.75, 3.05) is 6.54 Å². The Morgan fingerprint density at radius 3 is 2.62 bits per heavy atom. The van der Waals surface area contributed by atoms with E-state index in [1.54, 1.807) is 0 Å². The number of likely N-dealkylation sites (tertiary alicyclic amines) is 1. The van der Waals surface area contributed by atoms with Crippen LogP contribution < -0.4 is 0 Å². The third-order valence-corrected chi connectivity index (χ3v) is 5.34. The van der Waals surface area contributed by atoms with Crippen molar-refractivity contribution in [3.63, 3.8) is 0 Å². The predicted octanol–water partition coefficient (Wildman–Crippen LogP) is 2.41. The molecule has 92 valence electrons. The number of nitrogens with zero attached hydrogens (tertiary/aromatic N) is 1. The maximum atomic E-state index is 10.2. The Balaban J connectivity index is 1.68. The summed E-state index contributed by atoms with van der Waals surface area (Å²) in [6, 6.07) is 1.31. The highest BCUT2D eigenvalue weighted by atomic mass is 16.3. The molecule has 2 bridgehead atoms. The summed E-state index contributed by atoms with van der Waals surface area (Å²) in [5, 5.41) is 10.2. The summed E-state index contributed by atoms with van der Waals surface area (Å²) in [7, 11) is 0. The zero-order valence-corrected chi connectivity index (χ0v) is 10.4. The number of hydrogen-bond acceptors (Lipinski definition) is 2. The van der Waals surface area contributed by atoms with E-state index < -0.39 is 0 Å². The number of hydrogen-bond donors (Lipinski definition) is 1. The van der Waals surface area contributed by atoms with Gasteiger partial charge >= 0.3 is 0 Å². The van der Waals surface area contributed by atoms with E-state index in [1.165, 1.54) is 45.1 Å². The SMILES string of the molecule is CCC1CCC(O)C(N2CC3CCC2C3)C1. The van der Waals surface area contributed by atoms with E-state index in [4.69, 9.17) is 0 Å². The van der Waals surface area contributed by atoms with Crippen molar-refractivity contribution >= 4 is 0 Å². The Morgan fingerprint density at radius 2 is 2.00 bits per heavy atom. The van der Waals surface area contributed by atoms with Crippen LogP contribution in [0.2, 0.25) is 0 Å². The number of aliphatic hydroxyl groups excluding tert-OH is 1. The number of piperidine rings is 1. The second-order valence-electron chi connectivity index (χ2n) is 6.25. The molecule has 0 amide bonds. The first kappa shape index (κ1) is 11.0. The Morgan fingerprint density at radius 1 is 1.12 bits per heavy atom. The topological polar surface area (TPSA) is 23.5 Å². The average Bonchev–Trinajstić information content (AvgIpc) is 2.91. The lowest BCUT2D eigenvalue weighted by Crippen LogP contribution is -2.50. The highest BCUT2D eigenvalue weighted by molar-refractivity contribution is 4.98. The van der Waals surface area contributed by atoms with Gasteiger partial charge in [0.05, 0.1) is 6.10 Å². The van der Waals surface area contributed by atoms with Crippen LogP contribution in [-0.4, -0.2) is 34.7 Å². The molecule has 2 nitrogen and oxygen atoms in total. The molecule has 0 aromatic heterocycles. The van der Waals surface area contributed by atoms with Crippen LogP contribution in [0.3, 0.4) is 0 Å². The highest BCUT2D eigenvalue weighted by Crippen LogP contribution is 2.42. The minimum Gasteiger partial charge on any atom is -0.391 e. The summed E-state index contributed by atoms with van der Waals surface area (Å²) >= 11 is 0. The molecular weight excluding hydrogens is 198 g/mol. The fourth-order valence-corrected chi connectivity index (χ4v) is 4.31. The number of fused-ring (bicyclic) bond motifs is 2. The lowest BCUT2D eigenvalue weighted by molar-refractivity contribution is -0.0107. The maximum absolute atomic E-state index is 10.2. The Bertz CT molecular complexity index is 255. The first-order valence-corrected chi connectivity index (χ1v) is 7.21. The molecule has 5 atom stereocenters. The van der Waals surface area contributed by atoms with Gasteiger partial charge in [-0.15, -0.1) is 0 Å². The van der Waals surface area contributed by atoms with E-state index in [0.29, 0.717) is 6.04 Å². The van der Waals surface area contributed by atoms with Gasteiger partial charge in [-0.2, -0.15) is 0 Å². The van der Waals surface area contributed by atoms with Gasteiger partial charge in [0, 0.05) is 18.6 Å². The molecule has 0 aromatic rings. The Hall–Kier alpha value is -0.0800. The fourth-order valence-electron chi connectivity index (χ4n) is 4.31. The molecule has 2 aliphatic carbocycles. The van der Waals surface area contributed by atoms with E-state index in [9.17, 15) is 5.11 Å². The molecule has 0 spiro atoms. The summed E-state index contributed by atoms with van der Waals surface area (Å²) in [6.07, 6.45) is 9.05. The van der Waals surface area contributed by atoms with E-state index in [0.717, 1.165) is 24.3 Å². The molecule has 3 fully saturated rings. The molecular formula is C14H25NO. The van der Waals surface area contributed by atoms with Crippen LogP contribution in [-0.2, 0) is 0 Å². The van der Waals surface area contributed by atoms with Crippen LogP contribution in [0.5, 0.6) is 0 Å². The average molecular weight is 223 g/mol. The number of rotatable bonds is 2. The smallest absolute Gasteiger partial charge is 0.0695 e. The molecule has 1 heterocycles. The molecule has 1 N–H and O–H groups in total. The van der Waals surface area contributed by atoms with E-state index in [-0.39, 0.29) is 6.10 Å². The van der Waals surface area contributed by atoms with Gasteiger partial charge < -0.3 is 5.11 Å². The summed E-state index contributed by atoms with van der Waals surface area (Å²) in [5.74, 6) is 1.83. The van der Waals surface area contributed by atoms with Gasteiger partial charge in [-0.1, -0.05) is 13.3 Å². The van der Waals surface area contributed by atoms with Crippen LogP contribution in [0.4, 0.5) is 0 Å². The second-order valence-corrected chi connectivity index (χ2v) is 6.25. The van der Waals surface area contributed by atoms with Crippen LogP contribution in [0, 0.1) is 11.8 Å². The van der Waals surface area contributed by atoms with Gasteiger partial charge in [0.25, 0.3) is 0 Å². The Kier molecular flexibility index (Phi) is 2.97. The van der Waals surface area contributed by atoms with Crippen LogP contribution in [0.25, 0.3) is 0 Å². The minimum atomic E-state index is -0.0397. The predicted molar refractivity (Wildman–Crippen MR) is 65.3 cm³/mol. The lowest BCUT2D eigenvalue weighted by Gasteiger charge is -2.42. The molecule has 16 heavy (non-hydrogen) atoms. The molecule has 0 aromatic carbocycles. The zero-order valence-electron chi connectivity index (χ0n) is 10.4. The zero-order chi connectivity index (χ0) is 11.1. The fraction of sp³-hybridized carbons (Fsp3) is 1.00. The van der Waals surface area contributed by atoms with Gasteiger partial charge in [-0.25, -0.2) is 0 Å². The van der Waals surface area contributed by atoms with Crippen molar-refractivity contribution < 1.29 is 5.11 Å². The largest absolute Gasteiger partial charge is 0.391 e. The van der Waals surface area contributed by atoms with E-state index >= 15 is 0 Å². The van der Waals surface area contributed by atoms with Crippen molar-refractivity contribution in [1.82, 2.24) is 4.90 Å². The molecule has 1 aliphatic heterocycles. The van der Waals surface area contributed by atoms with Crippen molar-refractivity contribution in [3.8, 4) is 0 Å². The summed E-state index contributed by atoms with van der Waals surface area (Å²) in [5.41, 5.74) is 0. The van der Waals surface area contributed by atoms with E-state index in [2.05, 4.69) is 11.8 Å². The molecule has 2 heteroatoms. The molecule has 0 radical (unpaired) electrons. The van der Waals surface area contributed by atoms with Crippen LogP contribution >= 0.6 is 0 Å². The van der Waals surface area contributed by atoms with Gasteiger partial charge in [-0.3, -0.25) is 4.90 Å². The van der Waals surface area contributed by atoms with Gasteiger partial charge in [-0.05, 0) is 50.4 Å². The highest BCUT2D eigenvalue weighted by Gasteiger charge is 2.44. The van der Waals surface area contributed by atoms with Crippen LogP contribution in [0.1, 0.15) is 51.9 Å². The molecule has 1 saturated heterocycles. The standard InChI is InChI=1S/C14H25NO/c1-2-10-4-6-14(16)13(8-10)15-9-11-3-5-12(15)7-11/h10-14,16H,2-9H2,1H3. The summed E-state index contributed by atoms with van der Waals surface area (Å²) in [6.45, 7) is 3.58. The number of aliphatic hydroxyl groups is 1. The quantitative estimate of drug-likeness (QED) is 0.777. The molecule has 3 aliphatic rings. The van der Waals surface area contributed by atoms with Crippen LogP contribution in [0.15, 0.2) is 0 Å². The van der Waals surface area contributed by atoms with Crippen molar-refractivity contribution in [1.29, 1.82) is 0 Å². The minimum absolute atomic E-state index is 0.0397. The van der Waals surface area contributed by atoms with Gasteiger partial charge in [0.2, 0.25) is 0 Å². The second kappa shape index (κ2) is 4.30. The monoisotopic (exact) mass is 223 g/mol. The summed E-state index contributed by atoms with van der Waals surface area (Å²) < 4.78 is 0. The lowest BCUT2D eigenvalue weighted by atomic mass is 9.81. The third-order valence-electron chi connectivity index (χ3n) is 5.34. The first-order chi connectivity index (χ1) is 7.78. The van der Waals surface area contributed by atoms with Crippen molar-refractivity contribution in [2.24, 2.45) is 11.8 Å². The van der Waals surface area contributed by atoms with E-state index in [1.807, 2.05) is 0 Å². The van der Waals surface area contributed by atoms with Gasteiger partial charge in [0.1, 0.15) is 0 Å². The molecule has 5 unspecified atom stereocenters. The molecule has 3 rings (SSSR count). The van der Waals surface area contributed by atoms with Crippen molar-refractivity contribution in [3.05, 3.63) is 0 Å². The normalized spacial score (nSPS) is 48.8.